The molecule has 0 atom stereocenters. The molecule has 2 aliphatic rings. The lowest BCUT2D eigenvalue weighted by Crippen LogP contribution is -2.41. The molecular formula is C31H31N5O3S. The fraction of sp³-hybridized carbons (Fsp3) is 0.258. The molecule has 2 aromatic heterocycles. The third-order valence-corrected chi connectivity index (χ3v) is 8.58. The van der Waals surface area contributed by atoms with Gasteiger partial charge < -0.3 is 20.7 Å². The van der Waals surface area contributed by atoms with E-state index in [0.29, 0.717) is 5.75 Å². The smallest absolute Gasteiger partial charge is 0.331 e. The molecule has 1 saturated carbocycles. The molecule has 1 aliphatic carbocycles. The van der Waals surface area contributed by atoms with E-state index in [9.17, 15) is 9.59 Å². The molecule has 0 bridgehead atoms. The Kier molecular flexibility index (Phi) is 6.89. The van der Waals surface area contributed by atoms with E-state index in [4.69, 9.17) is 4.74 Å². The number of thiophene rings is 1. The van der Waals surface area contributed by atoms with Crippen LogP contribution in [0.2, 0.25) is 0 Å². The van der Waals surface area contributed by atoms with E-state index in [-0.39, 0.29) is 24.0 Å². The van der Waals surface area contributed by atoms with Crippen LogP contribution in [0.4, 0.5) is 21.9 Å². The largest absolute Gasteiger partial charge is 0.457 e. The highest BCUT2D eigenvalue weighted by Gasteiger charge is 2.33. The minimum atomic E-state index is -0.233. The molecule has 6 rings (SSSR count). The highest BCUT2D eigenvalue weighted by atomic mass is 32.1. The van der Waals surface area contributed by atoms with Crippen molar-refractivity contribution in [3.8, 4) is 11.5 Å². The van der Waals surface area contributed by atoms with Gasteiger partial charge in [-0.1, -0.05) is 24.8 Å². The number of pyridine rings is 1. The Bertz CT molecular complexity index is 1610. The Labute approximate surface area is 237 Å². The summed E-state index contributed by atoms with van der Waals surface area (Å²) in [6.07, 6.45) is 5.48. The molecule has 40 heavy (non-hydrogen) atoms. The lowest BCUT2D eigenvalue weighted by Gasteiger charge is -2.31. The minimum absolute atomic E-state index is 0.0185. The van der Waals surface area contributed by atoms with Crippen molar-refractivity contribution in [2.75, 3.05) is 10.2 Å². The molecule has 3 heterocycles. The summed E-state index contributed by atoms with van der Waals surface area (Å²) in [4.78, 5) is 33.0. The standard InChI is InChI=1S/C31H31N5O3S/c1-18-17-24(39-23-7-5-4-6-8-23)13-14-25(18)36-26-15-16-32-30-27(26)28(35-31(36)38)29(40-30)19(2)33-21-9-11-22(12-10-21)34-20(3)37/h4-8,13-17,21-22,33H,2,9-12H2,1,3H3,(H,34,37)(H,35,38). The van der Waals surface area contributed by atoms with Crippen LogP contribution in [0.3, 0.4) is 0 Å². The predicted molar refractivity (Wildman–Crippen MR) is 161 cm³/mol. The lowest BCUT2D eigenvalue weighted by molar-refractivity contribution is -0.119. The van der Waals surface area contributed by atoms with Gasteiger partial charge in [0.1, 0.15) is 16.3 Å². The molecule has 2 aromatic carbocycles. The first kappa shape index (κ1) is 25.9. The summed E-state index contributed by atoms with van der Waals surface area (Å²) >= 11 is 1.52. The third kappa shape index (κ3) is 5.00. The van der Waals surface area contributed by atoms with Gasteiger partial charge in [-0.3, -0.25) is 9.69 Å². The van der Waals surface area contributed by atoms with E-state index in [1.807, 2.05) is 61.5 Å². The van der Waals surface area contributed by atoms with Gasteiger partial charge >= 0.3 is 6.03 Å². The summed E-state index contributed by atoms with van der Waals surface area (Å²) in [5, 5.41) is 10.6. The quantitative estimate of drug-likeness (QED) is 0.227. The number of rotatable bonds is 7. The maximum Gasteiger partial charge on any atom is 0.331 e. The van der Waals surface area contributed by atoms with Crippen LogP contribution in [0.15, 0.2) is 67.4 Å². The first-order valence-electron chi connectivity index (χ1n) is 13.5. The first-order valence-corrected chi connectivity index (χ1v) is 14.3. The van der Waals surface area contributed by atoms with Gasteiger partial charge in [0.15, 0.2) is 0 Å². The molecule has 0 unspecified atom stereocenters. The van der Waals surface area contributed by atoms with E-state index in [0.717, 1.165) is 74.8 Å². The molecule has 8 nitrogen and oxygen atoms in total. The van der Waals surface area contributed by atoms with Gasteiger partial charge in [0.05, 0.1) is 27.3 Å². The van der Waals surface area contributed by atoms with E-state index in [1.165, 1.54) is 11.3 Å². The van der Waals surface area contributed by atoms with Crippen LogP contribution in [0, 0.1) is 6.92 Å². The number of carbonyl (C=O) groups excluding carboxylic acids is 2. The number of ether oxygens (including phenoxy) is 1. The van der Waals surface area contributed by atoms with E-state index in [2.05, 4.69) is 27.5 Å². The number of aromatic nitrogens is 1. The summed E-state index contributed by atoms with van der Waals surface area (Å²) in [5.74, 6) is 1.48. The zero-order valence-electron chi connectivity index (χ0n) is 22.5. The van der Waals surface area contributed by atoms with Crippen LogP contribution in [0.1, 0.15) is 43.0 Å². The second-order valence-corrected chi connectivity index (χ2v) is 11.3. The van der Waals surface area contributed by atoms with Crippen LogP contribution in [-0.2, 0) is 4.79 Å². The average Bonchev–Trinajstić information content (AvgIpc) is 3.30. The molecule has 1 fully saturated rings. The zero-order valence-corrected chi connectivity index (χ0v) is 23.3. The van der Waals surface area contributed by atoms with Gasteiger partial charge in [-0.2, -0.15) is 0 Å². The zero-order chi connectivity index (χ0) is 27.8. The molecule has 3 amide bonds. The first-order chi connectivity index (χ1) is 19.4. The van der Waals surface area contributed by atoms with Gasteiger partial charge in [-0.05, 0) is 74.6 Å². The molecule has 0 radical (unpaired) electrons. The summed E-state index contributed by atoms with van der Waals surface area (Å²) in [5.41, 5.74) is 3.99. The minimum Gasteiger partial charge on any atom is -0.457 e. The Balaban J connectivity index is 1.25. The third-order valence-electron chi connectivity index (χ3n) is 7.42. The number of anilines is 3. The Morgan fingerprint density at radius 1 is 1.02 bits per heavy atom. The van der Waals surface area contributed by atoms with Gasteiger partial charge in [0.2, 0.25) is 5.91 Å². The fourth-order valence-electron chi connectivity index (χ4n) is 5.58. The molecule has 1 aliphatic heterocycles. The predicted octanol–water partition coefficient (Wildman–Crippen LogP) is 7.09. The number of amides is 3. The van der Waals surface area contributed by atoms with Crippen molar-refractivity contribution in [3.05, 3.63) is 77.8 Å². The van der Waals surface area contributed by atoms with Gasteiger partial charge in [-0.25, -0.2) is 9.78 Å². The molecule has 204 valence electrons. The van der Waals surface area contributed by atoms with Crippen molar-refractivity contribution in [2.24, 2.45) is 0 Å². The Morgan fingerprint density at radius 2 is 1.75 bits per heavy atom. The number of benzene rings is 2. The number of nitrogens with one attached hydrogen (secondary N) is 3. The molecule has 3 N–H and O–H groups in total. The Morgan fingerprint density at radius 3 is 2.45 bits per heavy atom. The fourth-order valence-corrected chi connectivity index (χ4v) is 6.64. The average molecular weight is 554 g/mol. The summed E-state index contributed by atoms with van der Waals surface area (Å²) in [7, 11) is 0. The van der Waals surface area contributed by atoms with Crippen LogP contribution < -0.4 is 25.6 Å². The topological polar surface area (TPSA) is 95.6 Å². The van der Waals surface area contributed by atoms with Crippen molar-refractivity contribution in [3.63, 3.8) is 0 Å². The number of carbonyl (C=O) groups is 2. The van der Waals surface area contributed by atoms with Gasteiger partial charge in [-0.15, -0.1) is 11.3 Å². The lowest BCUT2D eigenvalue weighted by atomic mass is 9.91. The van der Waals surface area contributed by atoms with E-state index in [1.54, 1.807) is 18.0 Å². The molecular weight excluding hydrogens is 522 g/mol. The second-order valence-electron chi connectivity index (χ2n) is 10.3. The van der Waals surface area contributed by atoms with Crippen LogP contribution in [0.5, 0.6) is 11.5 Å². The van der Waals surface area contributed by atoms with Gasteiger partial charge in [0, 0.05) is 30.9 Å². The maximum absolute atomic E-state index is 13.6. The van der Waals surface area contributed by atoms with Crippen molar-refractivity contribution < 1.29 is 14.3 Å². The number of hydrogen-bond acceptors (Lipinski definition) is 6. The highest BCUT2D eigenvalue weighted by Crippen LogP contribution is 2.48. The monoisotopic (exact) mass is 553 g/mol. The van der Waals surface area contributed by atoms with Crippen molar-refractivity contribution in [1.82, 2.24) is 15.6 Å². The second kappa shape index (κ2) is 10.7. The number of nitrogens with zero attached hydrogens (tertiary/aromatic N) is 2. The maximum atomic E-state index is 13.6. The number of urea groups is 1. The van der Waals surface area contributed by atoms with Crippen molar-refractivity contribution in [1.29, 1.82) is 0 Å². The normalized spacial score (nSPS) is 18.2. The summed E-state index contributed by atoms with van der Waals surface area (Å²) in [6.45, 7) is 7.86. The van der Waals surface area contributed by atoms with E-state index >= 15 is 0 Å². The van der Waals surface area contributed by atoms with Crippen LogP contribution >= 0.6 is 11.3 Å². The molecule has 4 aromatic rings. The summed E-state index contributed by atoms with van der Waals surface area (Å²) < 4.78 is 5.99. The van der Waals surface area contributed by atoms with Gasteiger partial charge in [0.25, 0.3) is 0 Å². The van der Waals surface area contributed by atoms with E-state index < -0.39 is 0 Å². The summed E-state index contributed by atoms with van der Waals surface area (Å²) in [6, 6.07) is 17.5. The molecule has 0 spiro atoms. The SMILES string of the molecule is C=C(NC1CCC(NC(C)=O)CC1)c1sc2nccc3c2c1NC(=O)N3c1ccc(Oc2ccccc2)cc1C. The van der Waals surface area contributed by atoms with Crippen molar-refractivity contribution >= 4 is 56.3 Å². The number of hydrogen-bond donors (Lipinski definition) is 3. The number of aryl methyl sites for hydroxylation is 1. The molecule has 9 heteroatoms. The molecule has 0 saturated heterocycles. The Hall–Kier alpha value is -4.37. The highest BCUT2D eigenvalue weighted by molar-refractivity contribution is 7.20. The van der Waals surface area contributed by atoms with Crippen molar-refractivity contribution in [2.45, 2.75) is 51.6 Å². The van der Waals surface area contributed by atoms with Crippen LogP contribution in [0.25, 0.3) is 15.9 Å². The van der Waals surface area contributed by atoms with Crippen LogP contribution in [-0.4, -0.2) is 29.0 Å². The number of para-hydroxylation sites is 1.